The highest BCUT2D eigenvalue weighted by molar-refractivity contribution is 5.73. The van der Waals surface area contributed by atoms with Crippen LogP contribution in [0.3, 0.4) is 0 Å². The number of carboxylic acids is 1. The van der Waals surface area contributed by atoms with Crippen molar-refractivity contribution >= 4 is 5.97 Å². The molecular formula is C13H16F3NO2. The molecule has 6 heteroatoms. The monoisotopic (exact) mass is 275 g/mol. The highest BCUT2D eigenvalue weighted by atomic mass is 19.4. The molecule has 0 aliphatic heterocycles. The second kappa shape index (κ2) is 4.85. The normalized spacial score (nSPS) is 29.2. The van der Waals surface area contributed by atoms with Crippen LogP contribution in [0.25, 0.3) is 0 Å². The molecule has 0 radical (unpaired) electrons. The predicted octanol–water partition coefficient (Wildman–Crippen LogP) is 2.70. The summed E-state index contributed by atoms with van der Waals surface area (Å²) in [5.74, 6) is -2.76. The molecule has 0 spiro atoms. The summed E-state index contributed by atoms with van der Waals surface area (Å²) in [6.45, 7) is 4.36. The van der Waals surface area contributed by atoms with Gasteiger partial charge in [-0.25, -0.2) is 4.79 Å². The van der Waals surface area contributed by atoms with Crippen molar-refractivity contribution in [3.63, 3.8) is 0 Å². The number of benzene rings is 1. The van der Waals surface area contributed by atoms with E-state index in [4.69, 9.17) is 15.6 Å². The predicted molar refractivity (Wildman–Crippen MR) is 64.7 cm³/mol. The maximum absolute atomic E-state index is 10.6. The third-order valence-electron chi connectivity index (χ3n) is 3.51. The number of nitrogens with two attached hydrogens (primary N) is 1. The molecule has 2 rings (SSSR count). The van der Waals surface area contributed by atoms with Gasteiger partial charge >= 0.3 is 12.1 Å². The van der Waals surface area contributed by atoms with Crippen molar-refractivity contribution in [1.29, 1.82) is 0 Å². The number of aliphatic carboxylic acids is 1. The van der Waals surface area contributed by atoms with Gasteiger partial charge in [-0.1, -0.05) is 37.3 Å². The van der Waals surface area contributed by atoms with E-state index in [1.54, 1.807) is 0 Å². The quantitative estimate of drug-likeness (QED) is 0.828. The molecule has 0 bridgehead atoms. The van der Waals surface area contributed by atoms with Crippen LogP contribution in [-0.4, -0.2) is 22.8 Å². The van der Waals surface area contributed by atoms with E-state index in [1.165, 1.54) is 5.56 Å². The Kier molecular flexibility index (Phi) is 3.95. The molecule has 106 valence electrons. The Balaban J connectivity index is 0.000000224. The average Bonchev–Trinajstić information content (AvgIpc) is 2.80. The molecule has 1 saturated carbocycles. The lowest BCUT2D eigenvalue weighted by atomic mass is 9.94. The summed E-state index contributed by atoms with van der Waals surface area (Å²) >= 11 is 0. The van der Waals surface area contributed by atoms with Crippen LogP contribution >= 0.6 is 0 Å². The van der Waals surface area contributed by atoms with Crippen LogP contribution in [0.15, 0.2) is 30.3 Å². The van der Waals surface area contributed by atoms with Gasteiger partial charge in [-0.3, -0.25) is 0 Å². The largest absolute Gasteiger partial charge is 0.490 e. The third kappa shape index (κ3) is 3.47. The second-order valence-corrected chi connectivity index (χ2v) is 5.10. The molecule has 3 nitrogen and oxygen atoms in total. The lowest BCUT2D eigenvalue weighted by Gasteiger charge is -2.14. The Morgan fingerprint density at radius 3 is 1.89 bits per heavy atom. The highest BCUT2D eigenvalue weighted by Crippen LogP contribution is 2.55. The van der Waals surface area contributed by atoms with E-state index in [2.05, 4.69) is 38.1 Å². The van der Waals surface area contributed by atoms with Crippen molar-refractivity contribution in [3.8, 4) is 0 Å². The summed E-state index contributed by atoms with van der Waals surface area (Å²) in [4.78, 5) is 8.90. The average molecular weight is 275 g/mol. The van der Waals surface area contributed by atoms with Crippen LogP contribution in [0.4, 0.5) is 13.2 Å². The first-order valence-corrected chi connectivity index (χ1v) is 5.65. The SMILES string of the molecule is CC1(N)CC1(C)c1ccccc1.O=C(O)C(F)(F)F. The summed E-state index contributed by atoms with van der Waals surface area (Å²) in [6, 6.07) is 10.5. The Labute approximate surface area is 109 Å². The lowest BCUT2D eigenvalue weighted by Crippen LogP contribution is -2.27. The first-order chi connectivity index (χ1) is 8.51. The zero-order chi connectivity index (χ0) is 14.9. The van der Waals surface area contributed by atoms with E-state index in [0.717, 1.165) is 6.42 Å². The number of carboxylic acid groups (broad SMARTS) is 1. The van der Waals surface area contributed by atoms with E-state index >= 15 is 0 Å². The van der Waals surface area contributed by atoms with Crippen molar-refractivity contribution < 1.29 is 23.1 Å². The smallest absolute Gasteiger partial charge is 0.475 e. The summed E-state index contributed by atoms with van der Waals surface area (Å²) in [7, 11) is 0. The van der Waals surface area contributed by atoms with Crippen LogP contribution in [0, 0.1) is 0 Å². The number of halogens is 3. The third-order valence-corrected chi connectivity index (χ3v) is 3.51. The van der Waals surface area contributed by atoms with Crippen molar-refractivity contribution in [3.05, 3.63) is 35.9 Å². The Morgan fingerprint density at radius 1 is 1.26 bits per heavy atom. The van der Waals surface area contributed by atoms with Gasteiger partial charge in [0, 0.05) is 11.0 Å². The molecule has 3 N–H and O–H groups in total. The Bertz CT molecular complexity index is 457. The summed E-state index contributed by atoms with van der Waals surface area (Å²) < 4.78 is 31.7. The van der Waals surface area contributed by atoms with Crippen LogP contribution in [0.2, 0.25) is 0 Å². The first kappa shape index (κ1) is 15.5. The van der Waals surface area contributed by atoms with Gasteiger partial charge in [-0.05, 0) is 18.9 Å². The molecule has 1 aromatic carbocycles. The fourth-order valence-electron chi connectivity index (χ4n) is 1.93. The molecular weight excluding hydrogens is 259 g/mol. The van der Waals surface area contributed by atoms with Crippen molar-refractivity contribution in [2.75, 3.05) is 0 Å². The van der Waals surface area contributed by atoms with Crippen molar-refractivity contribution in [1.82, 2.24) is 0 Å². The van der Waals surface area contributed by atoms with Crippen LogP contribution in [0.5, 0.6) is 0 Å². The molecule has 0 amide bonds. The highest BCUT2D eigenvalue weighted by Gasteiger charge is 2.59. The van der Waals surface area contributed by atoms with Gasteiger partial charge in [0.1, 0.15) is 0 Å². The molecule has 1 fully saturated rings. The topological polar surface area (TPSA) is 63.3 Å². The standard InChI is InChI=1S/C11H15N.C2HF3O2/c1-10(8-11(10,2)12)9-6-4-3-5-7-9;3-2(4,5)1(6)7/h3-7H,8,12H2,1-2H3;(H,6,7). The van der Waals surface area contributed by atoms with Gasteiger partial charge < -0.3 is 10.8 Å². The van der Waals surface area contributed by atoms with Gasteiger partial charge in [0.05, 0.1) is 0 Å². The van der Waals surface area contributed by atoms with Gasteiger partial charge in [0.15, 0.2) is 0 Å². The Morgan fingerprint density at radius 2 is 1.63 bits per heavy atom. The van der Waals surface area contributed by atoms with Gasteiger partial charge in [-0.15, -0.1) is 0 Å². The van der Waals surface area contributed by atoms with E-state index < -0.39 is 12.1 Å². The first-order valence-electron chi connectivity index (χ1n) is 5.65. The van der Waals surface area contributed by atoms with Crippen LogP contribution in [-0.2, 0) is 10.2 Å². The summed E-state index contributed by atoms with van der Waals surface area (Å²) in [6.07, 6.45) is -3.98. The van der Waals surface area contributed by atoms with E-state index in [-0.39, 0.29) is 11.0 Å². The number of carbonyl (C=O) groups is 1. The maximum Gasteiger partial charge on any atom is 0.490 e. The molecule has 0 heterocycles. The lowest BCUT2D eigenvalue weighted by molar-refractivity contribution is -0.192. The zero-order valence-corrected chi connectivity index (χ0v) is 10.7. The molecule has 1 aliphatic carbocycles. The van der Waals surface area contributed by atoms with E-state index in [0.29, 0.717) is 0 Å². The number of alkyl halides is 3. The van der Waals surface area contributed by atoms with Crippen molar-refractivity contribution in [2.24, 2.45) is 5.73 Å². The number of hydrogen-bond acceptors (Lipinski definition) is 2. The molecule has 2 atom stereocenters. The van der Waals surface area contributed by atoms with E-state index in [9.17, 15) is 13.2 Å². The van der Waals surface area contributed by atoms with Crippen LogP contribution < -0.4 is 5.73 Å². The molecule has 1 aliphatic rings. The Hall–Kier alpha value is -1.56. The van der Waals surface area contributed by atoms with Gasteiger partial charge in [-0.2, -0.15) is 13.2 Å². The summed E-state index contributed by atoms with van der Waals surface area (Å²) in [5.41, 5.74) is 7.67. The minimum Gasteiger partial charge on any atom is -0.475 e. The van der Waals surface area contributed by atoms with Gasteiger partial charge in [0.2, 0.25) is 0 Å². The van der Waals surface area contributed by atoms with Crippen LogP contribution in [0.1, 0.15) is 25.8 Å². The fraction of sp³-hybridized carbons (Fsp3) is 0.462. The van der Waals surface area contributed by atoms with Crippen molar-refractivity contribution in [2.45, 2.75) is 37.4 Å². The molecule has 1 aromatic rings. The summed E-state index contributed by atoms with van der Waals surface area (Å²) in [5, 5.41) is 7.12. The molecule has 19 heavy (non-hydrogen) atoms. The minimum atomic E-state index is -5.08. The van der Waals surface area contributed by atoms with E-state index in [1.807, 2.05) is 6.07 Å². The fourth-order valence-corrected chi connectivity index (χ4v) is 1.93. The molecule has 0 aromatic heterocycles. The maximum atomic E-state index is 10.6. The number of rotatable bonds is 1. The minimum absolute atomic E-state index is 0.00829. The second-order valence-electron chi connectivity index (χ2n) is 5.10. The van der Waals surface area contributed by atoms with Gasteiger partial charge in [0.25, 0.3) is 0 Å². The number of hydrogen-bond donors (Lipinski definition) is 2. The molecule has 2 unspecified atom stereocenters. The molecule has 0 saturated heterocycles. The zero-order valence-electron chi connectivity index (χ0n) is 10.7.